The molecule has 4 aromatic rings. The number of phenolic OH excluding ortho intramolecular Hbond substituents is 3. The lowest BCUT2D eigenvalue weighted by Gasteiger charge is -2.30. The predicted octanol–water partition coefficient (Wildman–Crippen LogP) is 7.61. The van der Waals surface area contributed by atoms with Gasteiger partial charge in [-0.2, -0.15) is 0 Å². The normalized spacial score (nSPS) is 10.9. The Hall–Kier alpha value is -4.12. The third kappa shape index (κ3) is 4.50. The highest BCUT2D eigenvalue weighted by atomic mass is 16.5. The lowest BCUT2D eigenvalue weighted by Crippen LogP contribution is -2.13. The molecule has 5 nitrogen and oxygen atoms in total. The molecule has 0 aromatic heterocycles. The van der Waals surface area contributed by atoms with E-state index in [9.17, 15) is 15.3 Å². The van der Waals surface area contributed by atoms with E-state index in [0.717, 1.165) is 44.9 Å². The summed E-state index contributed by atoms with van der Waals surface area (Å²) < 4.78 is 6.16. The minimum atomic E-state index is 0.195. The largest absolute Gasteiger partial charge is 0.508 e. The fourth-order valence-corrected chi connectivity index (χ4v) is 4.02. The molecule has 0 bridgehead atoms. The number of benzene rings is 4. The van der Waals surface area contributed by atoms with Crippen molar-refractivity contribution in [2.24, 2.45) is 0 Å². The molecular weight excluding hydrogens is 426 g/mol. The Balaban J connectivity index is 1.87. The minimum Gasteiger partial charge on any atom is -0.508 e. The summed E-state index contributed by atoms with van der Waals surface area (Å²) in [5.41, 5.74) is 6.90. The van der Waals surface area contributed by atoms with Crippen LogP contribution in [0.25, 0.3) is 0 Å². The lowest BCUT2D eigenvalue weighted by atomic mass is 10.0. The van der Waals surface area contributed by atoms with E-state index in [0.29, 0.717) is 11.5 Å². The molecule has 5 heteroatoms. The van der Waals surface area contributed by atoms with Gasteiger partial charge in [-0.1, -0.05) is 6.07 Å². The van der Waals surface area contributed by atoms with Gasteiger partial charge in [0.25, 0.3) is 0 Å². The summed E-state index contributed by atoms with van der Waals surface area (Å²) >= 11 is 0. The third-order valence-electron chi connectivity index (χ3n) is 5.97. The van der Waals surface area contributed by atoms with E-state index >= 15 is 0 Å². The van der Waals surface area contributed by atoms with Crippen LogP contribution in [0, 0.1) is 34.6 Å². The summed E-state index contributed by atoms with van der Waals surface area (Å²) in [6, 6.07) is 20.2. The predicted molar refractivity (Wildman–Crippen MR) is 136 cm³/mol. The molecule has 0 atom stereocenters. The van der Waals surface area contributed by atoms with Crippen molar-refractivity contribution < 1.29 is 20.1 Å². The van der Waals surface area contributed by atoms with Gasteiger partial charge < -0.3 is 25.0 Å². The van der Waals surface area contributed by atoms with Crippen LogP contribution in [0.15, 0.2) is 66.7 Å². The Morgan fingerprint density at radius 2 is 1.18 bits per heavy atom. The fourth-order valence-electron chi connectivity index (χ4n) is 4.02. The molecule has 0 fully saturated rings. The van der Waals surface area contributed by atoms with Crippen LogP contribution in [0.1, 0.15) is 27.8 Å². The Morgan fingerprint density at radius 1 is 0.588 bits per heavy atom. The maximum atomic E-state index is 10.2. The number of aryl methyl sites for hydroxylation is 5. The molecule has 0 heterocycles. The molecule has 0 spiro atoms. The van der Waals surface area contributed by atoms with Crippen molar-refractivity contribution >= 4 is 17.1 Å². The number of phenols is 3. The highest BCUT2D eigenvalue weighted by Gasteiger charge is 2.20. The van der Waals surface area contributed by atoms with Crippen LogP contribution in [0.5, 0.6) is 28.7 Å². The van der Waals surface area contributed by atoms with Crippen LogP contribution in [-0.4, -0.2) is 15.3 Å². The first-order valence-electron chi connectivity index (χ1n) is 11.1. The standard InChI is InChI=1S/C29H29NO4/c1-17-14-27(32)19(3)12-25(17)30(26-13-20(4)28(33)15-18(26)2)22-7-6-8-24(16-22)34-29-10-9-23(31)11-21(29)5/h6-16,31-33H,1-5H3. The van der Waals surface area contributed by atoms with E-state index in [2.05, 4.69) is 4.90 Å². The molecule has 0 amide bonds. The van der Waals surface area contributed by atoms with Gasteiger partial charge in [0.05, 0.1) is 0 Å². The molecule has 0 aliphatic rings. The summed E-state index contributed by atoms with van der Waals surface area (Å²) in [6.07, 6.45) is 0. The highest BCUT2D eigenvalue weighted by molar-refractivity contribution is 5.82. The number of anilines is 3. The molecule has 0 aliphatic heterocycles. The van der Waals surface area contributed by atoms with Gasteiger partial charge in [0.2, 0.25) is 0 Å². The lowest BCUT2D eigenvalue weighted by molar-refractivity contribution is 0.461. The second-order valence-electron chi connectivity index (χ2n) is 8.73. The van der Waals surface area contributed by atoms with Gasteiger partial charge in [0, 0.05) is 23.1 Å². The van der Waals surface area contributed by atoms with Crippen molar-refractivity contribution in [2.75, 3.05) is 4.90 Å². The quantitative estimate of drug-likeness (QED) is 0.289. The molecule has 0 saturated carbocycles. The van der Waals surface area contributed by atoms with Gasteiger partial charge in [0.15, 0.2) is 0 Å². The van der Waals surface area contributed by atoms with Crippen molar-refractivity contribution in [3.05, 3.63) is 94.5 Å². The first-order chi connectivity index (χ1) is 16.1. The summed E-state index contributed by atoms with van der Waals surface area (Å²) in [6.45, 7) is 9.56. The number of hydrogen-bond donors (Lipinski definition) is 3. The molecule has 4 rings (SSSR count). The molecule has 0 saturated heterocycles. The van der Waals surface area contributed by atoms with Gasteiger partial charge in [-0.3, -0.25) is 0 Å². The van der Waals surface area contributed by atoms with Crippen molar-refractivity contribution in [1.82, 2.24) is 0 Å². The Kier molecular flexibility index (Phi) is 6.12. The van der Waals surface area contributed by atoms with Gasteiger partial charge in [-0.25, -0.2) is 0 Å². The topological polar surface area (TPSA) is 73.2 Å². The summed E-state index contributed by atoms with van der Waals surface area (Å²) in [5.74, 6) is 2.01. The van der Waals surface area contributed by atoms with Crippen LogP contribution in [0.2, 0.25) is 0 Å². The van der Waals surface area contributed by atoms with Crippen LogP contribution in [-0.2, 0) is 0 Å². The van der Waals surface area contributed by atoms with Crippen molar-refractivity contribution in [2.45, 2.75) is 34.6 Å². The second-order valence-corrected chi connectivity index (χ2v) is 8.73. The molecule has 0 radical (unpaired) electrons. The third-order valence-corrected chi connectivity index (χ3v) is 5.97. The number of hydrogen-bond acceptors (Lipinski definition) is 5. The molecule has 0 aliphatic carbocycles. The smallest absolute Gasteiger partial charge is 0.130 e. The second kappa shape index (κ2) is 9.02. The van der Waals surface area contributed by atoms with Crippen molar-refractivity contribution in [3.63, 3.8) is 0 Å². The van der Waals surface area contributed by atoms with Crippen LogP contribution in [0.3, 0.4) is 0 Å². The number of rotatable bonds is 5. The van der Waals surface area contributed by atoms with Gasteiger partial charge in [-0.15, -0.1) is 0 Å². The molecule has 34 heavy (non-hydrogen) atoms. The highest BCUT2D eigenvalue weighted by Crippen LogP contribution is 2.43. The fraction of sp³-hybridized carbons (Fsp3) is 0.172. The van der Waals surface area contributed by atoms with Crippen LogP contribution in [0.4, 0.5) is 17.1 Å². The molecule has 0 unspecified atom stereocenters. The van der Waals surface area contributed by atoms with E-state index in [4.69, 9.17) is 4.74 Å². The van der Waals surface area contributed by atoms with Crippen molar-refractivity contribution in [3.8, 4) is 28.7 Å². The van der Waals surface area contributed by atoms with E-state index in [1.807, 2.05) is 71.0 Å². The zero-order valence-electron chi connectivity index (χ0n) is 20.0. The molecule has 4 aromatic carbocycles. The monoisotopic (exact) mass is 455 g/mol. The first kappa shape index (κ1) is 23.1. The molecular formula is C29H29NO4. The van der Waals surface area contributed by atoms with Crippen LogP contribution < -0.4 is 9.64 Å². The number of nitrogens with zero attached hydrogens (tertiary/aromatic N) is 1. The minimum absolute atomic E-state index is 0.195. The summed E-state index contributed by atoms with van der Waals surface area (Å²) in [4.78, 5) is 2.11. The van der Waals surface area contributed by atoms with E-state index in [1.54, 1.807) is 30.3 Å². The SMILES string of the molecule is Cc1cc(N(c2cccc(Oc3ccc(O)cc3C)c2)c2cc(C)c(O)cc2C)c(C)cc1O. The average Bonchev–Trinajstić information content (AvgIpc) is 2.78. The zero-order chi connectivity index (χ0) is 24.6. The Labute approximate surface area is 200 Å². The Morgan fingerprint density at radius 3 is 1.74 bits per heavy atom. The van der Waals surface area contributed by atoms with Crippen LogP contribution >= 0.6 is 0 Å². The maximum absolute atomic E-state index is 10.2. The van der Waals surface area contributed by atoms with Crippen molar-refractivity contribution in [1.29, 1.82) is 0 Å². The molecule has 174 valence electrons. The van der Waals surface area contributed by atoms with E-state index < -0.39 is 0 Å². The average molecular weight is 456 g/mol. The summed E-state index contributed by atoms with van der Waals surface area (Å²) in [5, 5.41) is 30.2. The van der Waals surface area contributed by atoms with E-state index in [-0.39, 0.29) is 17.2 Å². The number of aromatic hydroxyl groups is 3. The summed E-state index contributed by atoms with van der Waals surface area (Å²) in [7, 11) is 0. The van der Waals surface area contributed by atoms with Gasteiger partial charge in [0.1, 0.15) is 28.7 Å². The molecule has 3 N–H and O–H groups in total. The van der Waals surface area contributed by atoms with Gasteiger partial charge >= 0.3 is 0 Å². The zero-order valence-corrected chi connectivity index (χ0v) is 20.0. The van der Waals surface area contributed by atoms with Gasteiger partial charge in [-0.05, 0) is 117 Å². The Bertz CT molecular complexity index is 1320. The first-order valence-corrected chi connectivity index (χ1v) is 11.1. The maximum Gasteiger partial charge on any atom is 0.130 e. The van der Waals surface area contributed by atoms with E-state index in [1.165, 1.54) is 0 Å². The number of ether oxygens (including phenoxy) is 1.